The zero-order valence-electron chi connectivity index (χ0n) is 13.2. The van der Waals surface area contributed by atoms with Gasteiger partial charge in [-0.2, -0.15) is 13.2 Å². The van der Waals surface area contributed by atoms with Crippen molar-refractivity contribution in [2.75, 3.05) is 11.9 Å². The fraction of sp³-hybridized carbons (Fsp3) is 0.111. The molecule has 0 aliphatic rings. The molecule has 0 radical (unpaired) electrons. The highest BCUT2D eigenvalue weighted by molar-refractivity contribution is 6.30. The van der Waals surface area contributed by atoms with Crippen LogP contribution in [-0.4, -0.2) is 18.5 Å². The quantitative estimate of drug-likeness (QED) is 0.608. The summed E-state index contributed by atoms with van der Waals surface area (Å²) in [6, 6.07) is 11.1. The van der Waals surface area contributed by atoms with Crippen LogP contribution < -0.4 is 5.32 Å². The molecule has 1 N–H and O–H groups in total. The molecule has 0 saturated heterocycles. The molecule has 0 unspecified atom stereocenters. The number of ether oxygens (including phenoxy) is 1. The van der Waals surface area contributed by atoms with Crippen molar-refractivity contribution in [3.63, 3.8) is 0 Å². The highest BCUT2D eigenvalue weighted by Crippen LogP contribution is 2.34. The van der Waals surface area contributed by atoms with Crippen LogP contribution in [0, 0.1) is 0 Å². The maximum Gasteiger partial charge on any atom is 0.418 e. The van der Waals surface area contributed by atoms with Crippen molar-refractivity contribution in [3.8, 4) is 0 Å². The maximum absolute atomic E-state index is 12.8. The highest BCUT2D eigenvalue weighted by Gasteiger charge is 2.33. The summed E-state index contributed by atoms with van der Waals surface area (Å²) in [5.41, 5.74) is -0.699. The lowest BCUT2D eigenvalue weighted by Crippen LogP contribution is -2.22. The van der Waals surface area contributed by atoms with Crippen LogP contribution in [-0.2, 0) is 20.5 Å². The number of nitrogens with one attached hydrogen (secondary N) is 1. The van der Waals surface area contributed by atoms with Crippen molar-refractivity contribution in [2.45, 2.75) is 6.18 Å². The third kappa shape index (κ3) is 5.93. The van der Waals surface area contributed by atoms with Gasteiger partial charge < -0.3 is 10.1 Å². The summed E-state index contributed by atoms with van der Waals surface area (Å²) < 4.78 is 43.2. The molecule has 26 heavy (non-hydrogen) atoms. The zero-order chi connectivity index (χ0) is 19.2. The molecule has 2 rings (SSSR count). The van der Waals surface area contributed by atoms with Crippen LogP contribution in [0.25, 0.3) is 6.08 Å². The number of carbonyl (C=O) groups is 2. The number of halogens is 4. The largest absolute Gasteiger partial charge is 0.452 e. The molecule has 0 heterocycles. The maximum atomic E-state index is 12.8. The average molecular weight is 384 g/mol. The van der Waals surface area contributed by atoms with Gasteiger partial charge in [0.25, 0.3) is 5.91 Å². The number of alkyl halides is 3. The number of hydrogen-bond acceptors (Lipinski definition) is 3. The molecule has 0 bridgehead atoms. The standard InChI is InChI=1S/C18H13ClF3NO3/c19-13-8-5-12(6-9-13)7-10-17(25)26-11-16(24)23-15-4-2-1-3-14(15)18(20,21)22/h1-10H,11H2,(H,23,24)/b10-7+. The Kier molecular flexibility index (Phi) is 6.41. The summed E-state index contributed by atoms with van der Waals surface area (Å²) in [6.07, 6.45) is -2.06. The highest BCUT2D eigenvalue weighted by atomic mass is 35.5. The predicted molar refractivity (Wildman–Crippen MR) is 91.5 cm³/mol. The smallest absolute Gasteiger partial charge is 0.418 e. The molecular formula is C18H13ClF3NO3. The van der Waals surface area contributed by atoms with E-state index in [0.717, 1.165) is 18.2 Å². The minimum Gasteiger partial charge on any atom is -0.452 e. The molecule has 4 nitrogen and oxygen atoms in total. The van der Waals surface area contributed by atoms with E-state index in [9.17, 15) is 22.8 Å². The fourth-order valence-electron chi connectivity index (χ4n) is 1.95. The summed E-state index contributed by atoms with van der Waals surface area (Å²) in [7, 11) is 0. The van der Waals surface area contributed by atoms with Gasteiger partial charge in [0.2, 0.25) is 0 Å². The van der Waals surface area contributed by atoms with E-state index in [0.29, 0.717) is 10.6 Å². The Morgan fingerprint density at radius 2 is 1.73 bits per heavy atom. The molecule has 2 aromatic rings. The van der Waals surface area contributed by atoms with Crippen LogP contribution in [0.4, 0.5) is 18.9 Å². The van der Waals surface area contributed by atoms with Crippen molar-refractivity contribution in [2.24, 2.45) is 0 Å². The molecular weight excluding hydrogens is 371 g/mol. The van der Waals surface area contributed by atoms with Gasteiger partial charge >= 0.3 is 12.1 Å². The van der Waals surface area contributed by atoms with Crippen LogP contribution in [0.2, 0.25) is 5.02 Å². The van der Waals surface area contributed by atoms with E-state index in [-0.39, 0.29) is 0 Å². The van der Waals surface area contributed by atoms with Crippen LogP contribution in [0.3, 0.4) is 0 Å². The minimum absolute atomic E-state index is 0.405. The lowest BCUT2D eigenvalue weighted by atomic mass is 10.1. The van der Waals surface area contributed by atoms with E-state index in [1.54, 1.807) is 24.3 Å². The number of rotatable bonds is 5. The summed E-state index contributed by atoms with van der Waals surface area (Å²) in [5, 5.41) is 2.62. The van der Waals surface area contributed by atoms with E-state index in [2.05, 4.69) is 5.32 Å². The zero-order valence-corrected chi connectivity index (χ0v) is 14.0. The summed E-state index contributed by atoms with van der Waals surface area (Å²) in [5.74, 6) is -1.69. The third-order valence-electron chi connectivity index (χ3n) is 3.13. The third-order valence-corrected chi connectivity index (χ3v) is 3.39. The fourth-order valence-corrected chi connectivity index (χ4v) is 2.07. The first-order chi connectivity index (χ1) is 12.3. The number of hydrogen-bond donors (Lipinski definition) is 1. The summed E-state index contributed by atoms with van der Waals surface area (Å²) in [6.45, 7) is -0.712. The van der Waals surface area contributed by atoms with E-state index in [4.69, 9.17) is 16.3 Å². The SMILES string of the molecule is O=C(COC(=O)/C=C/c1ccc(Cl)cc1)Nc1ccccc1C(F)(F)F. The van der Waals surface area contributed by atoms with Gasteiger partial charge in [0.1, 0.15) is 0 Å². The molecule has 0 spiro atoms. The van der Waals surface area contributed by atoms with Gasteiger partial charge in [0, 0.05) is 11.1 Å². The summed E-state index contributed by atoms with van der Waals surface area (Å²) in [4.78, 5) is 23.3. The molecule has 0 atom stereocenters. The number of esters is 1. The molecule has 1 amide bonds. The van der Waals surface area contributed by atoms with E-state index in [1.165, 1.54) is 18.2 Å². The molecule has 0 aromatic heterocycles. The summed E-state index contributed by atoms with van der Waals surface area (Å²) >= 11 is 5.73. The topological polar surface area (TPSA) is 55.4 Å². The van der Waals surface area contributed by atoms with Crippen molar-refractivity contribution < 1.29 is 27.5 Å². The first kappa shape index (κ1) is 19.5. The molecule has 0 aliphatic carbocycles. The van der Waals surface area contributed by atoms with Gasteiger partial charge in [-0.1, -0.05) is 35.9 Å². The molecule has 0 aliphatic heterocycles. The Balaban J connectivity index is 1.89. The molecule has 2 aromatic carbocycles. The molecule has 8 heteroatoms. The first-order valence-corrected chi connectivity index (χ1v) is 7.70. The Bertz CT molecular complexity index is 817. The van der Waals surface area contributed by atoms with Crippen molar-refractivity contribution in [3.05, 3.63) is 70.8 Å². The van der Waals surface area contributed by atoms with Gasteiger partial charge in [0.05, 0.1) is 11.3 Å². The molecule has 0 fully saturated rings. The van der Waals surface area contributed by atoms with Crippen LogP contribution in [0.5, 0.6) is 0 Å². The van der Waals surface area contributed by atoms with Gasteiger partial charge in [0.15, 0.2) is 6.61 Å². The van der Waals surface area contributed by atoms with Crippen molar-refractivity contribution >= 4 is 35.2 Å². The molecule has 0 saturated carbocycles. The van der Waals surface area contributed by atoms with Crippen LogP contribution in [0.1, 0.15) is 11.1 Å². The average Bonchev–Trinajstić information content (AvgIpc) is 2.59. The van der Waals surface area contributed by atoms with E-state index in [1.807, 2.05) is 0 Å². The van der Waals surface area contributed by atoms with Crippen molar-refractivity contribution in [1.29, 1.82) is 0 Å². The second-order valence-electron chi connectivity index (χ2n) is 5.08. The van der Waals surface area contributed by atoms with Crippen molar-refractivity contribution in [1.82, 2.24) is 0 Å². The van der Waals surface area contributed by atoms with Gasteiger partial charge in [-0.15, -0.1) is 0 Å². The number of benzene rings is 2. The number of anilines is 1. The first-order valence-electron chi connectivity index (χ1n) is 7.32. The molecule has 136 valence electrons. The van der Waals surface area contributed by atoms with Crippen LogP contribution >= 0.6 is 11.6 Å². The number of carbonyl (C=O) groups excluding carboxylic acids is 2. The minimum atomic E-state index is -4.61. The number of para-hydroxylation sites is 1. The lowest BCUT2D eigenvalue weighted by Gasteiger charge is -2.13. The van der Waals surface area contributed by atoms with Crippen LogP contribution in [0.15, 0.2) is 54.6 Å². The monoisotopic (exact) mass is 383 g/mol. The van der Waals surface area contributed by atoms with E-state index < -0.39 is 35.9 Å². The number of amides is 1. The lowest BCUT2D eigenvalue weighted by molar-refractivity contribution is -0.142. The second-order valence-corrected chi connectivity index (χ2v) is 5.52. The Morgan fingerprint density at radius 3 is 2.38 bits per heavy atom. The Labute approximate surface area is 152 Å². The Hall–Kier alpha value is -2.80. The van der Waals surface area contributed by atoms with Gasteiger partial charge in [-0.05, 0) is 35.9 Å². The normalized spacial score (nSPS) is 11.4. The van der Waals surface area contributed by atoms with Gasteiger partial charge in [-0.3, -0.25) is 4.79 Å². The Morgan fingerprint density at radius 1 is 1.08 bits per heavy atom. The predicted octanol–water partition coefficient (Wildman–Crippen LogP) is 4.55. The van der Waals surface area contributed by atoms with Gasteiger partial charge in [-0.25, -0.2) is 4.79 Å². The van der Waals surface area contributed by atoms with E-state index >= 15 is 0 Å². The second kappa shape index (κ2) is 8.53.